The van der Waals surface area contributed by atoms with Crippen molar-refractivity contribution in [2.75, 3.05) is 19.6 Å². The predicted octanol–water partition coefficient (Wildman–Crippen LogP) is 0.498. The number of aryl methyl sites for hydroxylation is 1. The normalized spacial score (nSPS) is 13.4. The summed E-state index contributed by atoms with van der Waals surface area (Å²) in [6, 6.07) is 6.87. The van der Waals surface area contributed by atoms with Gasteiger partial charge >= 0.3 is 0 Å². The maximum absolute atomic E-state index is 11.9. The lowest BCUT2D eigenvalue weighted by molar-refractivity contribution is 0.192. The maximum atomic E-state index is 11.9. The highest BCUT2D eigenvalue weighted by Crippen LogP contribution is 2.10. The van der Waals surface area contributed by atoms with Gasteiger partial charge in [0.1, 0.15) is 0 Å². The Labute approximate surface area is 115 Å². The van der Waals surface area contributed by atoms with Crippen molar-refractivity contribution in [3.8, 4) is 0 Å². The molecule has 1 unspecified atom stereocenters. The Morgan fingerprint density at radius 2 is 1.84 bits per heavy atom. The van der Waals surface area contributed by atoms with Crippen LogP contribution in [0.2, 0.25) is 0 Å². The van der Waals surface area contributed by atoms with Crippen LogP contribution in [0.15, 0.2) is 29.2 Å². The Kier molecular flexibility index (Phi) is 6.44. The van der Waals surface area contributed by atoms with E-state index in [2.05, 4.69) is 10.0 Å². The van der Waals surface area contributed by atoms with Crippen molar-refractivity contribution in [1.82, 2.24) is 10.0 Å². The molecule has 0 aliphatic carbocycles. The van der Waals surface area contributed by atoms with Gasteiger partial charge in [-0.25, -0.2) is 13.1 Å². The standard InChI is InChI=1S/C13H22N2O3S/c1-3-12-4-6-13(7-5-12)19(17,18)15-9-8-14-10-11(2)16/h4-7,11,14-16H,3,8-10H2,1-2H3. The van der Waals surface area contributed by atoms with Gasteiger partial charge in [0.05, 0.1) is 11.0 Å². The first kappa shape index (κ1) is 16.1. The van der Waals surface area contributed by atoms with Crippen molar-refractivity contribution in [3.05, 3.63) is 29.8 Å². The zero-order valence-electron chi connectivity index (χ0n) is 11.4. The topological polar surface area (TPSA) is 78.4 Å². The van der Waals surface area contributed by atoms with Crippen LogP contribution in [0.4, 0.5) is 0 Å². The number of rotatable bonds is 8. The molecule has 0 spiro atoms. The van der Waals surface area contributed by atoms with Crippen LogP contribution in [0.1, 0.15) is 19.4 Å². The van der Waals surface area contributed by atoms with E-state index in [-0.39, 0.29) is 4.90 Å². The van der Waals surface area contributed by atoms with E-state index >= 15 is 0 Å². The number of hydrogen-bond donors (Lipinski definition) is 3. The molecule has 0 saturated carbocycles. The van der Waals surface area contributed by atoms with E-state index < -0.39 is 16.1 Å². The van der Waals surface area contributed by atoms with E-state index in [4.69, 9.17) is 5.11 Å². The molecule has 0 aromatic heterocycles. The second-order valence-electron chi connectivity index (χ2n) is 4.45. The third-order valence-electron chi connectivity index (χ3n) is 2.68. The predicted molar refractivity (Wildman–Crippen MR) is 75.6 cm³/mol. The third-order valence-corrected chi connectivity index (χ3v) is 4.15. The van der Waals surface area contributed by atoms with Crippen molar-refractivity contribution in [1.29, 1.82) is 0 Å². The molecule has 0 bridgehead atoms. The summed E-state index contributed by atoms with van der Waals surface area (Å²) < 4.78 is 26.4. The summed E-state index contributed by atoms with van der Waals surface area (Å²) in [6.07, 6.45) is 0.454. The van der Waals surface area contributed by atoms with Crippen LogP contribution < -0.4 is 10.0 Å². The van der Waals surface area contributed by atoms with E-state index in [1.54, 1.807) is 19.1 Å². The van der Waals surface area contributed by atoms with Gasteiger partial charge in [-0.3, -0.25) is 0 Å². The van der Waals surface area contributed by atoms with E-state index in [9.17, 15) is 8.42 Å². The first-order valence-electron chi connectivity index (χ1n) is 6.43. The Morgan fingerprint density at radius 3 is 2.37 bits per heavy atom. The minimum atomic E-state index is -3.44. The molecule has 3 N–H and O–H groups in total. The van der Waals surface area contributed by atoms with Gasteiger partial charge in [0.15, 0.2) is 0 Å². The average molecular weight is 286 g/mol. The van der Waals surface area contributed by atoms with Crippen LogP contribution >= 0.6 is 0 Å². The number of nitrogens with one attached hydrogen (secondary N) is 2. The van der Waals surface area contributed by atoms with Crippen LogP contribution in [0.25, 0.3) is 0 Å². The number of aliphatic hydroxyl groups is 1. The zero-order valence-corrected chi connectivity index (χ0v) is 12.2. The molecular formula is C13H22N2O3S. The fraction of sp³-hybridized carbons (Fsp3) is 0.538. The quantitative estimate of drug-likeness (QED) is 0.608. The molecule has 19 heavy (non-hydrogen) atoms. The highest BCUT2D eigenvalue weighted by Gasteiger charge is 2.12. The molecule has 5 nitrogen and oxygen atoms in total. The molecule has 0 saturated heterocycles. The zero-order chi connectivity index (χ0) is 14.3. The molecule has 1 atom stereocenters. The SMILES string of the molecule is CCc1ccc(S(=O)(=O)NCCNCC(C)O)cc1. The van der Waals surface area contributed by atoms with E-state index in [1.165, 1.54) is 0 Å². The monoisotopic (exact) mass is 286 g/mol. The Hall–Kier alpha value is -0.950. The number of hydrogen-bond acceptors (Lipinski definition) is 4. The van der Waals surface area contributed by atoms with Gasteiger partial charge in [-0.05, 0) is 31.0 Å². The minimum Gasteiger partial charge on any atom is -0.392 e. The van der Waals surface area contributed by atoms with Crippen LogP contribution in [0, 0.1) is 0 Å². The smallest absolute Gasteiger partial charge is 0.240 e. The van der Waals surface area contributed by atoms with E-state index in [1.807, 2.05) is 19.1 Å². The number of aliphatic hydroxyl groups excluding tert-OH is 1. The molecule has 0 fully saturated rings. The molecule has 0 radical (unpaired) electrons. The first-order chi connectivity index (χ1) is 8.95. The van der Waals surface area contributed by atoms with Crippen LogP contribution in [-0.4, -0.2) is 39.3 Å². The molecule has 1 rings (SSSR count). The van der Waals surface area contributed by atoms with E-state index in [0.717, 1.165) is 12.0 Å². The average Bonchev–Trinajstić information content (AvgIpc) is 2.38. The number of benzene rings is 1. The van der Waals surface area contributed by atoms with Crippen LogP contribution in [0.3, 0.4) is 0 Å². The van der Waals surface area contributed by atoms with Gasteiger partial charge in [-0.1, -0.05) is 19.1 Å². The van der Waals surface area contributed by atoms with Gasteiger partial charge in [0.25, 0.3) is 0 Å². The van der Waals surface area contributed by atoms with Gasteiger partial charge < -0.3 is 10.4 Å². The minimum absolute atomic E-state index is 0.278. The summed E-state index contributed by atoms with van der Waals surface area (Å²) in [5.74, 6) is 0. The highest BCUT2D eigenvalue weighted by molar-refractivity contribution is 7.89. The summed E-state index contributed by atoms with van der Waals surface area (Å²) in [5.41, 5.74) is 1.11. The summed E-state index contributed by atoms with van der Waals surface area (Å²) in [6.45, 7) is 4.93. The van der Waals surface area contributed by atoms with Crippen molar-refractivity contribution >= 4 is 10.0 Å². The van der Waals surface area contributed by atoms with Crippen molar-refractivity contribution in [3.63, 3.8) is 0 Å². The lowest BCUT2D eigenvalue weighted by Crippen LogP contribution is -2.34. The molecular weight excluding hydrogens is 264 g/mol. The molecule has 108 valence electrons. The summed E-state index contributed by atoms with van der Waals surface area (Å²) >= 11 is 0. The molecule has 1 aromatic carbocycles. The lowest BCUT2D eigenvalue weighted by Gasteiger charge is -2.09. The second-order valence-corrected chi connectivity index (χ2v) is 6.22. The molecule has 1 aromatic rings. The highest BCUT2D eigenvalue weighted by atomic mass is 32.2. The first-order valence-corrected chi connectivity index (χ1v) is 7.91. The second kappa shape index (κ2) is 7.59. The van der Waals surface area contributed by atoms with Gasteiger partial charge in [0, 0.05) is 19.6 Å². The van der Waals surface area contributed by atoms with Gasteiger partial charge in [-0.2, -0.15) is 0 Å². The summed E-state index contributed by atoms with van der Waals surface area (Å²) in [5, 5.41) is 12.0. The Bertz CT molecular complexity index is 469. The lowest BCUT2D eigenvalue weighted by atomic mass is 10.2. The van der Waals surface area contributed by atoms with Gasteiger partial charge in [-0.15, -0.1) is 0 Å². The largest absolute Gasteiger partial charge is 0.392 e. The van der Waals surface area contributed by atoms with Crippen molar-refractivity contribution < 1.29 is 13.5 Å². The molecule has 0 heterocycles. The van der Waals surface area contributed by atoms with E-state index in [0.29, 0.717) is 19.6 Å². The fourth-order valence-electron chi connectivity index (χ4n) is 1.57. The molecule has 6 heteroatoms. The molecule has 0 aliphatic rings. The molecule has 0 aliphatic heterocycles. The fourth-order valence-corrected chi connectivity index (χ4v) is 2.60. The summed E-state index contributed by atoms with van der Waals surface area (Å²) in [7, 11) is -3.44. The van der Waals surface area contributed by atoms with Crippen molar-refractivity contribution in [2.45, 2.75) is 31.3 Å². The van der Waals surface area contributed by atoms with Crippen LogP contribution in [-0.2, 0) is 16.4 Å². The number of sulfonamides is 1. The summed E-state index contributed by atoms with van der Waals surface area (Å²) in [4.78, 5) is 0.278. The Morgan fingerprint density at radius 1 is 1.21 bits per heavy atom. The van der Waals surface area contributed by atoms with Gasteiger partial charge in [0.2, 0.25) is 10.0 Å². The molecule has 0 amide bonds. The van der Waals surface area contributed by atoms with Crippen LogP contribution in [0.5, 0.6) is 0 Å². The third kappa shape index (κ3) is 5.69. The van der Waals surface area contributed by atoms with Crippen molar-refractivity contribution in [2.24, 2.45) is 0 Å². The Balaban J connectivity index is 2.46. The maximum Gasteiger partial charge on any atom is 0.240 e.